The second-order valence-electron chi connectivity index (χ2n) is 4.57. The fourth-order valence-electron chi connectivity index (χ4n) is 1.80. The minimum Gasteiger partial charge on any atom is -0.423 e. The molecule has 0 radical (unpaired) electrons. The highest BCUT2D eigenvalue weighted by Crippen LogP contribution is 2.53. The molecule has 2 atom stereocenters. The van der Waals surface area contributed by atoms with Crippen LogP contribution < -0.4 is 21.3 Å². The highest BCUT2D eigenvalue weighted by atomic mass is 31.2. The SMILES string of the molecule is N=C(N)Nc1ccc(C(N)P(=O)(O)Oc2ccccc2)cc1. The molecule has 116 valence electrons. The summed E-state index contributed by atoms with van der Waals surface area (Å²) in [6.45, 7) is 0. The summed E-state index contributed by atoms with van der Waals surface area (Å²) < 4.78 is 17.4. The Labute approximate surface area is 128 Å². The van der Waals surface area contributed by atoms with Crippen LogP contribution in [0.1, 0.15) is 11.3 Å². The Balaban J connectivity index is 2.13. The topological polar surface area (TPSA) is 134 Å². The van der Waals surface area contributed by atoms with Gasteiger partial charge in [0.2, 0.25) is 0 Å². The molecule has 0 aliphatic rings. The number of rotatable bonds is 5. The van der Waals surface area contributed by atoms with Gasteiger partial charge in [-0.2, -0.15) is 0 Å². The molecule has 0 saturated heterocycles. The van der Waals surface area contributed by atoms with Gasteiger partial charge in [-0.3, -0.25) is 5.41 Å². The molecule has 0 aliphatic carbocycles. The molecule has 0 spiro atoms. The molecule has 2 aromatic carbocycles. The van der Waals surface area contributed by atoms with Crippen LogP contribution in [0.5, 0.6) is 5.75 Å². The molecule has 2 rings (SSSR count). The third-order valence-corrected chi connectivity index (χ3v) is 4.34. The van der Waals surface area contributed by atoms with Crippen molar-refractivity contribution < 1.29 is 14.0 Å². The van der Waals surface area contributed by atoms with Gasteiger partial charge >= 0.3 is 7.60 Å². The van der Waals surface area contributed by atoms with Crippen molar-refractivity contribution in [1.29, 1.82) is 5.41 Å². The number of guanidine groups is 1. The minimum atomic E-state index is -4.08. The van der Waals surface area contributed by atoms with Crippen LogP contribution >= 0.6 is 7.60 Å². The lowest BCUT2D eigenvalue weighted by atomic mass is 10.2. The molecule has 0 amide bonds. The maximum atomic E-state index is 12.3. The zero-order valence-electron chi connectivity index (χ0n) is 11.6. The van der Waals surface area contributed by atoms with Crippen molar-refractivity contribution in [3.05, 3.63) is 60.2 Å². The monoisotopic (exact) mass is 320 g/mol. The summed E-state index contributed by atoms with van der Waals surface area (Å²) in [6, 6.07) is 14.7. The van der Waals surface area contributed by atoms with E-state index < -0.39 is 13.4 Å². The number of nitrogens with one attached hydrogen (secondary N) is 2. The van der Waals surface area contributed by atoms with Crippen molar-refractivity contribution in [3.8, 4) is 5.75 Å². The summed E-state index contributed by atoms with van der Waals surface area (Å²) in [6.07, 6.45) is 0. The Morgan fingerprint density at radius 2 is 1.77 bits per heavy atom. The molecule has 0 aromatic heterocycles. The lowest BCUT2D eigenvalue weighted by Gasteiger charge is -2.20. The highest BCUT2D eigenvalue weighted by Gasteiger charge is 2.32. The van der Waals surface area contributed by atoms with E-state index in [1.54, 1.807) is 54.6 Å². The van der Waals surface area contributed by atoms with E-state index >= 15 is 0 Å². The number of hydrogen-bond acceptors (Lipinski definition) is 4. The first kappa shape index (κ1) is 16.0. The van der Waals surface area contributed by atoms with Crippen molar-refractivity contribution in [2.75, 3.05) is 5.32 Å². The van der Waals surface area contributed by atoms with Gasteiger partial charge in [-0.15, -0.1) is 0 Å². The number of nitrogens with two attached hydrogens (primary N) is 2. The van der Waals surface area contributed by atoms with Crippen LogP contribution in [-0.2, 0) is 4.57 Å². The molecule has 0 fully saturated rings. The molecule has 22 heavy (non-hydrogen) atoms. The Kier molecular flexibility index (Phi) is 4.82. The molecule has 7 N–H and O–H groups in total. The normalized spacial score (nSPS) is 14.6. The maximum absolute atomic E-state index is 12.3. The summed E-state index contributed by atoms with van der Waals surface area (Å²) >= 11 is 0. The van der Waals surface area contributed by atoms with Crippen LogP contribution in [0.3, 0.4) is 0 Å². The Bertz CT molecular complexity index is 691. The minimum absolute atomic E-state index is 0.197. The second-order valence-corrected chi connectivity index (χ2v) is 6.44. The molecule has 2 aromatic rings. The first-order valence-electron chi connectivity index (χ1n) is 6.42. The van der Waals surface area contributed by atoms with Crippen LogP contribution in [0.2, 0.25) is 0 Å². The lowest BCUT2D eigenvalue weighted by Crippen LogP contribution is -2.20. The second kappa shape index (κ2) is 6.62. The Morgan fingerprint density at radius 3 is 2.32 bits per heavy atom. The average Bonchev–Trinajstić information content (AvgIpc) is 2.47. The van der Waals surface area contributed by atoms with Crippen LogP contribution in [0.4, 0.5) is 5.69 Å². The van der Waals surface area contributed by atoms with E-state index in [1.807, 2.05) is 0 Å². The van der Waals surface area contributed by atoms with E-state index in [0.29, 0.717) is 11.3 Å². The molecule has 8 heteroatoms. The fraction of sp³-hybridized carbons (Fsp3) is 0.0714. The Hall–Kier alpha value is -2.34. The quantitative estimate of drug-likeness (QED) is 0.326. The summed E-state index contributed by atoms with van der Waals surface area (Å²) in [5.41, 5.74) is 12.1. The third kappa shape index (κ3) is 4.08. The summed E-state index contributed by atoms with van der Waals surface area (Å²) in [5, 5.41) is 9.74. The van der Waals surface area contributed by atoms with Crippen LogP contribution in [-0.4, -0.2) is 10.9 Å². The van der Waals surface area contributed by atoms with E-state index in [2.05, 4.69) is 5.32 Å². The van der Waals surface area contributed by atoms with Gasteiger partial charge in [0.15, 0.2) is 5.96 Å². The number of para-hydroxylation sites is 1. The third-order valence-electron chi connectivity index (χ3n) is 2.86. The predicted octanol–water partition coefficient (Wildman–Crippen LogP) is 2.21. The highest BCUT2D eigenvalue weighted by molar-refractivity contribution is 7.53. The van der Waals surface area contributed by atoms with E-state index in [1.165, 1.54) is 0 Å². The van der Waals surface area contributed by atoms with Gasteiger partial charge in [0.25, 0.3) is 0 Å². The van der Waals surface area contributed by atoms with E-state index in [4.69, 9.17) is 21.4 Å². The van der Waals surface area contributed by atoms with Gasteiger partial charge in [0.1, 0.15) is 11.5 Å². The zero-order valence-corrected chi connectivity index (χ0v) is 12.5. The number of benzene rings is 2. The van der Waals surface area contributed by atoms with E-state index in [0.717, 1.165) is 0 Å². The molecule has 0 heterocycles. The summed E-state index contributed by atoms with van der Waals surface area (Å²) in [7, 11) is -4.08. The molecule has 7 nitrogen and oxygen atoms in total. The standard InChI is InChI=1S/C14H17N4O3P/c15-13(10-6-8-11(9-7-10)18-14(16)17)22(19,20)21-12-4-2-1-3-5-12/h1-9,13H,15H2,(H,19,20)(H4,16,17,18). The van der Waals surface area contributed by atoms with Gasteiger partial charge < -0.3 is 26.2 Å². The first-order chi connectivity index (χ1) is 10.4. The van der Waals surface area contributed by atoms with Gasteiger partial charge in [0.05, 0.1) is 0 Å². The van der Waals surface area contributed by atoms with Gasteiger partial charge in [-0.05, 0) is 29.8 Å². The molecule has 0 saturated carbocycles. The van der Waals surface area contributed by atoms with Gasteiger partial charge in [0, 0.05) is 5.69 Å². The molecule has 0 bridgehead atoms. The number of anilines is 1. The van der Waals surface area contributed by atoms with Crippen molar-refractivity contribution >= 4 is 19.2 Å². The van der Waals surface area contributed by atoms with Gasteiger partial charge in [-0.1, -0.05) is 30.3 Å². The van der Waals surface area contributed by atoms with Crippen molar-refractivity contribution in [2.45, 2.75) is 5.78 Å². The molecular weight excluding hydrogens is 303 g/mol. The van der Waals surface area contributed by atoms with Crippen molar-refractivity contribution in [3.63, 3.8) is 0 Å². The Morgan fingerprint density at radius 1 is 1.18 bits per heavy atom. The number of hydrogen-bond donors (Lipinski definition) is 5. The van der Waals surface area contributed by atoms with Crippen LogP contribution in [0.25, 0.3) is 0 Å². The molecule has 2 unspecified atom stereocenters. The van der Waals surface area contributed by atoms with Gasteiger partial charge in [-0.25, -0.2) is 4.57 Å². The molecular formula is C14H17N4O3P. The fourth-order valence-corrected chi connectivity index (χ4v) is 2.88. The van der Waals surface area contributed by atoms with Crippen molar-refractivity contribution in [2.24, 2.45) is 11.5 Å². The average molecular weight is 320 g/mol. The summed E-state index contributed by atoms with van der Waals surface area (Å²) in [5.74, 6) is -1.10. The van der Waals surface area contributed by atoms with Crippen molar-refractivity contribution in [1.82, 2.24) is 0 Å². The summed E-state index contributed by atoms with van der Waals surface area (Å²) in [4.78, 5) is 10.0. The van der Waals surface area contributed by atoms with Crippen LogP contribution in [0.15, 0.2) is 54.6 Å². The van der Waals surface area contributed by atoms with E-state index in [-0.39, 0.29) is 11.7 Å². The van der Waals surface area contributed by atoms with E-state index in [9.17, 15) is 9.46 Å². The lowest BCUT2D eigenvalue weighted by molar-refractivity contribution is 0.366. The van der Waals surface area contributed by atoms with Crippen LogP contribution in [0, 0.1) is 5.41 Å². The largest absolute Gasteiger partial charge is 0.423 e. The maximum Gasteiger partial charge on any atom is 0.397 e. The predicted molar refractivity (Wildman–Crippen MR) is 85.8 cm³/mol. The smallest absolute Gasteiger partial charge is 0.397 e. The molecule has 0 aliphatic heterocycles. The first-order valence-corrected chi connectivity index (χ1v) is 8.07. The zero-order chi connectivity index (χ0) is 16.2.